The van der Waals surface area contributed by atoms with Gasteiger partial charge in [0.05, 0.1) is 5.56 Å². The SMILES string of the molecule is CC(C)n1c(-c2ccc(F)cc2F)n[nH]c1=S. The fraction of sp³-hybridized carbons (Fsp3) is 0.273. The molecule has 3 nitrogen and oxygen atoms in total. The highest BCUT2D eigenvalue weighted by molar-refractivity contribution is 7.71. The van der Waals surface area contributed by atoms with Crippen LogP contribution >= 0.6 is 12.2 Å². The van der Waals surface area contributed by atoms with Gasteiger partial charge in [-0.15, -0.1) is 0 Å². The summed E-state index contributed by atoms with van der Waals surface area (Å²) >= 11 is 5.07. The first-order valence-electron chi connectivity index (χ1n) is 5.13. The van der Waals surface area contributed by atoms with Crippen LogP contribution in [0.25, 0.3) is 11.4 Å². The average Bonchev–Trinajstić information content (AvgIpc) is 2.60. The Morgan fingerprint density at radius 3 is 2.65 bits per heavy atom. The quantitative estimate of drug-likeness (QED) is 0.834. The zero-order valence-corrected chi connectivity index (χ0v) is 10.2. The predicted molar refractivity (Wildman–Crippen MR) is 63.1 cm³/mol. The summed E-state index contributed by atoms with van der Waals surface area (Å²) in [7, 11) is 0. The predicted octanol–water partition coefficient (Wildman–Crippen LogP) is 3.47. The van der Waals surface area contributed by atoms with Gasteiger partial charge < -0.3 is 0 Å². The molecule has 0 spiro atoms. The van der Waals surface area contributed by atoms with Crippen molar-refractivity contribution in [3.63, 3.8) is 0 Å². The van der Waals surface area contributed by atoms with Gasteiger partial charge in [0, 0.05) is 12.1 Å². The normalized spacial score (nSPS) is 11.1. The molecule has 90 valence electrons. The zero-order chi connectivity index (χ0) is 12.6. The van der Waals surface area contributed by atoms with Gasteiger partial charge in [-0.1, -0.05) is 0 Å². The summed E-state index contributed by atoms with van der Waals surface area (Å²) < 4.78 is 28.6. The summed E-state index contributed by atoms with van der Waals surface area (Å²) in [5.41, 5.74) is 0.229. The molecule has 6 heteroatoms. The highest BCUT2D eigenvalue weighted by atomic mass is 32.1. The maximum Gasteiger partial charge on any atom is 0.195 e. The number of aromatic amines is 1. The van der Waals surface area contributed by atoms with E-state index in [2.05, 4.69) is 10.2 Å². The fourth-order valence-electron chi connectivity index (χ4n) is 1.64. The molecule has 0 aliphatic rings. The van der Waals surface area contributed by atoms with Crippen LogP contribution in [0.2, 0.25) is 0 Å². The van der Waals surface area contributed by atoms with E-state index in [0.29, 0.717) is 10.6 Å². The number of hydrogen-bond acceptors (Lipinski definition) is 2. The zero-order valence-electron chi connectivity index (χ0n) is 9.37. The maximum atomic E-state index is 13.6. The van der Waals surface area contributed by atoms with Crippen molar-refractivity contribution in [3.8, 4) is 11.4 Å². The molecule has 0 saturated heterocycles. The van der Waals surface area contributed by atoms with Gasteiger partial charge in [0.25, 0.3) is 0 Å². The first-order valence-corrected chi connectivity index (χ1v) is 5.54. The monoisotopic (exact) mass is 255 g/mol. The van der Waals surface area contributed by atoms with Crippen LogP contribution in [0.3, 0.4) is 0 Å². The molecule has 1 aromatic carbocycles. The van der Waals surface area contributed by atoms with Gasteiger partial charge in [-0.05, 0) is 38.2 Å². The van der Waals surface area contributed by atoms with Crippen LogP contribution in [-0.2, 0) is 0 Å². The summed E-state index contributed by atoms with van der Waals surface area (Å²) in [6.45, 7) is 3.83. The summed E-state index contributed by atoms with van der Waals surface area (Å²) in [6, 6.07) is 3.42. The van der Waals surface area contributed by atoms with Crippen LogP contribution in [0, 0.1) is 16.4 Å². The molecule has 0 saturated carbocycles. The molecule has 17 heavy (non-hydrogen) atoms. The van der Waals surface area contributed by atoms with Crippen molar-refractivity contribution in [2.24, 2.45) is 0 Å². The Kier molecular flexibility index (Phi) is 3.06. The van der Waals surface area contributed by atoms with Crippen molar-refractivity contribution < 1.29 is 8.78 Å². The topological polar surface area (TPSA) is 33.6 Å². The third-order valence-corrected chi connectivity index (χ3v) is 2.68. The van der Waals surface area contributed by atoms with Gasteiger partial charge in [0.1, 0.15) is 11.6 Å². The van der Waals surface area contributed by atoms with Crippen LogP contribution < -0.4 is 0 Å². The van der Waals surface area contributed by atoms with Gasteiger partial charge in [-0.3, -0.25) is 9.67 Å². The average molecular weight is 255 g/mol. The molecule has 0 aliphatic heterocycles. The number of benzene rings is 1. The second-order valence-corrected chi connectivity index (χ2v) is 4.33. The third kappa shape index (κ3) is 2.12. The summed E-state index contributed by atoms with van der Waals surface area (Å²) in [5, 5.41) is 6.60. The van der Waals surface area contributed by atoms with Gasteiger partial charge in [-0.25, -0.2) is 8.78 Å². The number of nitrogens with one attached hydrogen (secondary N) is 1. The van der Waals surface area contributed by atoms with Crippen molar-refractivity contribution in [2.45, 2.75) is 19.9 Å². The highest BCUT2D eigenvalue weighted by Gasteiger charge is 2.15. The molecule has 2 aromatic rings. The molecule has 0 atom stereocenters. The minimum Gasteiger partial charge on any atom is -0.298 e. The molecule has 0 aliphatic carbocycles. The molecule has 0 fully saturated rings. The smallest absolute Gasteiger partial charge is 0.195 e. The molecule has 0 bridgehead atoms. The van der Waals surface area contributed by atoms with Crippen LogP contribution in [0.15, 0.2) is 18.2 Å². The Bertz CT molecular complexity index is 601. The standard InChI is InChI=1S/C11H11F2N3S/c1-6(2)16-10(14-15-11(16)17)8-4-3-7(12)5-9(8)13/h3-6H,1-2H3,(H,15,17). The summed E-state index contributed by atoms with van der Waals surface area (Å²) in [4.78, 5) is 0. The minimum absolute atomic E-state index is 0.0423. The van der Waals surface area contributed by atoms with Crippen molar-refractivity contribution >= 4 is 12.2 Å². The third-order valence-electron chi connectivity index (χ3n) is 2.39. The minimum atomic E-state index is -0.652. The van der Waals surface area contributed by atoms with Gasteiger partial charge in [-0.2, -0.15) is 5.10 Å². The molecule has 1 N–H and O–H groups in total. The van der Waals surface area contributed by atoms with Crippen molar-refractivity contribution in [2.75, 3.05) is 0 Å². The van der Waals surface area contributed by atoms with E-state index in [0.717, 1.165) is 6.07 Å². The molecular weight excluding hydrogens is 244 g/mol. The van der Waals surface area contributed by atoms with E-state index in [-0.39, 0.29) is 11.6 Å². The van der Waals surface area contributed by atoms with Crippen LogP contribution in [0.5, 0.6) is 0 Å². The Morgan fingerprint density at radius 1 is 1.35 bits per heavy atom. The number of hydrogen-bond donors (Lipinski definition) is 1. The largest absolute Gasteiger partial charge is 0.298 e. The Morgan fingerprint density at radius 2 is 2.06 bits per heavy atom. The van der Waals surface area contributed by atoms with E-state index < -0.39 is 11.6 Å². The van der Waals surface area contributed by atoms with Crippen molar-refractivity contribution in [3.05, 3.63) is 34.6 Å². The molecule has 0 amide bonds. The van der Waals surface area contributed by atoms with Crippen LogP contribution in [0.1, 0.15) is 19.9 Å². The van der Waals surface area contributed by atoms with E-state index in [9.17, 15) is 8.78 Å². The number of halogens is 2. The van der Waals surface area contributed by atoms with E-state index in [1.54, 1.807) is 4.57 Å². The summed E-state index contributed by atoms with van der Waals surface area (Å²) in [5.74, 6) is -0.889. The van der Waals surface area contributed by atoms with E-state index in [1.165, 1.54) is 12.1 Å². The fourth-order valence-corrected chi connectivity index (χ4v) is 1.99. The van der Waals surface area contributed by atoms with E-state index >= 15 is 0 Å². The van der Waals surface area contributed by atoms with Gasteiger partial charge >= 0.3 is 0 Å². The van der Waals surface area contributed by atoms with Gasteiger partial charge in [0.15, 0.2) is 10.6 Å². The van der Waals surface area contributed by atoms with Crippen molar-refractivity contribution in [1.82, 2.24) is 14.8 Å². The molecule has 1 aromatic heterocycles. The second kappa shape index (κ2) is 4.37. The number of rotatable bonds is 2. The first-order chi connectivity index (χ1) is 8.00. The molecule has 1 heterocycles. The number of aromatic nitrogens is 3. The summed E-state index contributed by atoms with van der Waals surface area (Å²) in [6.07, 6.45) is 0. The molecule has 0 radical (unpaired) electrons. The highest BCUT2D eigenvalue weighted by Crippen LogP contribution is 2.24. The second-order valence-electron chi connectivity index (χ2n) is 3.94. The van der Waals surface area contributed by atoms with Crippen LogP contribution in [-0.4, -0.2) is 14.8 Å². The lowest BCUT2D eigenvalue weighted by Crippen LogP contribution is -2.04. The number of nitrogens with zero attached hydrogens (tertiary/aromatic N) is 2. The lowest BCUT2D eigenvalue weighted by Gasteiger charge is -2.10. The first kappa shape index (κ1) is 11.9. The number of H-pyrrole nitrogens is 1. The molecular formula is C11H11F2N3S. The molecule has 0 unspecified atom stereocenters. The maximum absolute atomic E-state index is 13.6. The van der Waals surface area contributed by atoms with Crippen LogP contribution in [0.4, 0.5) is 8.78 Å². The Labute approximate surface area is 102 Å². The van der Waals surface area contributed by atoms with E-state index in [4.69, 9.17) is 12.2 Å². The Balaban J connectivity index is 2.65. The lowest BCUT2D eigenvalue weighted by atomic mass is 10.2. The van der Waals surface area contributed by atoms with Gasteiger partial charge in [0.2, 0.25) is 0 Å². The van der Waals surface area contributed by atoms with Crippen molar-refractivity contribution in [1.29, 1.82) is 0 Å². The molecule has 2 rings (SSSR count). The Hall–Kier alpha value is -1.56. The van der Waals surface area contributed by atoms with E-state index in [1.807, 2.05) is 13.8 Å². The lowest BCUT2D eigenvalue weighted by molar-refractivity contribution is 0.575.